The fourth-order valence-electron chi connectivity index (χ4n) is 0.960. The predicted octanol–water partition coefficient (Wildman–Crippen LogP) is 0.971. The van der Waals surface area contributed by atoms with Crippen LogP contribution in [0, 0.1) is 11.1 Å². The van der Waals surface area contributed by atoms with E-state index >= 15 is 0 Å². The van der Waals surface area contributed by atoms with Gasteiger partial charge in [0.1, 0.15) is 13.1 Å². The standard InChI is InChI=1S/C6H13NO/c1-6(2)5-7(8)3-4-7/h6H,3-5H2,1-2H3. The second-order valence-corrected chi connectivity index (χ2v) is 3.08. The van der Waals surface area contributed by atoms with Crippen molar-refractivity contribution in [3.05, 3.63) is 5.21 Å². The van der Waals surface area contributed by atoms with Gasteiger partial charge in [0.25, 0.3) is 0 Å². The molecule has 0 bridgehead atoms. The lowest BCUT2D eigenvalue weighted by molar-refractivity contribution is -0.748. The van der Waals surface area contributed by atoms with E-state index in [9.17, 15) is 5.21 Å². The minimum absolute atomic E-state index is 0.0810. The lowest BCUT2D eigenvalue weighted by Crippen LogP contribution is -2.22. The predicted molar refractivity (Wildman–Crippen MR) is 33.1 cm³/mol. The minimum Gasteiger partial charge on any atom is -0.632 e. The number of nitrogens with zero attached hydrogens (tertiary/aromatic N) is 1. The first-order valence-corrected chi connectivity index (χ1v) is 3.19. The molecule has 0 spiro atoms. The van der Waals surface area contributed by atoms with Crippen LogP contribution in [-0.4, -0.2) is 24.3 Å². The Morgan fingerprint density at radius 2 is 2.00 bits per heavy atom. The van der Waals surface area contributed by atoms with Crippen molar-refractivity contribution >= 4 is 0 Å². The fourth-order valence-corrected chi connectivity index (χ4v) is 0.960. The Kier molecular flexibility index (Phi) is 1.29. The van der Waals surface area contributed by atoms with Crippen LogP contribution in [0.1, 0.15) is 13.8 Å². The van der Waals surface area contributed by atoms with Crippen LogP contribution in [0.5, 0.6) is 0 Å². The largest absolute Gasteiger partial charge is 0.632 e. The molecule has 1 aliphatic heterocycles. The van der Waals surface area contributed by atoms with Gasteiger partial charge in [-0.05, 0) is 0 Å². The second-order valence-electron chi connectivity index (χ2n) is 3.08. The number of quaternary nitrogens is 1. The van der Waals surface area contributed by atoms with Gasteiger partial charge in [0, 0.05) is 5.92 Å². The molecule has 8 heavy (non-hydrogen) atoms. The highest BCUT2D eigenvalue weighted by molar-refractivity contribution is 4.58. The highest BCUT2D eigenvalue weighted by Crippen LogP contribution is 2.20. The molecule has 2 nitrogen and oxygen atoms in total. The molecule has 0 radical (unpaired) electrons. The van der Waals surface area contributed by atoms with Crippen LogP contribution in [0.25, 0.3) is 0 Å². The van der Waals surface area contributed by atoms with Crippen LogP contribution in [0.15, 0.2) is 0 Å². The first-order valence-electron chi connectivity index (χ1n) is 3.19. The summed E-state index contributed by atoms with van der Waals surface area (Å²) in [7, 11) is 0. The van der Waals surface area contributed by atoms with Gasteiger partial charge in [-0.3, -0.25) is 0 Å². The molecule has 1 heterocycles. The monoisotopic (exact) mass is 115 g/mol. The second kappa shape index (κ2) is 1.71. The van der Waals surface area contributed by atoms with Gasteiger partial charge in [-0.2, -0.15) is 0 Å². The molecule has 1 fully saturated rings. The fraction of sp³-hybridized carbons (Fsp3) is 1.00. The molecule has 0 aliphatic carbocycles. The summed E-state index contributed by atoms with van der Waals surface area (Å²) < 4.78 is 0.0810. The average Bonchev–Trinajstić information content (AvgIpc) is 2.17. The van der Waals surface area contributed by atoms with E-state index in [1.165, 1.54) is 0 Å². The van der Waals surface area contributed by atoms with Crippen LogP contribution in [0.3, 0.4) is 0 Å². The van der Waals surface area contributed by atoms with E-state index in [1.54, 1.807) is 0 Å². The summed E-state index contributed by atoms with van der Waals surface area (Å²) in [5, 5.41) is 11.0. The third kappa shape index (κ3) is 1.46. The topological polar surface area (TPSA) is 23.1 Å². The highest BCUT2D eigenvalue weighted by Gasteiger charge is 2.32. The number of rotatable bonds is 2. The lowest BCUT2D eigenvalue weighted by Gasteiger charge is -2.22. The Bertz CT molecular complexity index is 86.5. The van der Waals surface area contributed by atoms with Crippen LogP contribution in [-0.2, 0) is 0 Å². The lowest BCUT2D eigenvalue weighted by atomic mass is 10.2. The van der Waals surface area contributed by atoms with Crippen molar-refractivity contribution in [3.63, 3.8) is 0 Å². The molecule has 1 saturated heterocycles. The molecule has 48 valence electrons. The Labute approximate surface area is 50.3 Å². The molecular weight excluding hydrogens is 102 g/mol. The van der Waals surface area contributed by atoms with Gasteiger partial charge in [-0.25, -0.2) is 0 Å². The van der Waals surface area contributed by atoms with Gasteiger partial charge in [0.15, 0.2) is 0 Å². The Morgan fingerprint density at radius 3 is 2.12 bits per heavy atom. The number of hydrogen-bond donors (Lipinski definition) is 0. The first-order chi connectivity index (χ1) is 3.62. The van der Waals surface area contributed by atoms with Gasteiger partial charge in [-0.15, -0.1) is 0 Å². The molecular formula is C6H13NO. The van der Waals surface area contributed by atoms with E-state index in [1.807, 2.05) is 0 Å². The SMILES string of the molecule is CC(C)C[N+]1([O-])CC1. The summed E-state index contributed by atoms with van der Waals surface area (Å²) in [5.41, 5.74) is 0. The van der Waals surface area contributed by atoms with E-state index in [-0.39, 0.29) is 4.65 Å². The molecule has 0 unspecified atom stereocenters. The van der Waals surface area contributed by atoms with Crippen LogP contribution >= 0.6 is 0 Å². The smallest absolute Gasteiger partial charge is 0.129 e. The summed E-state index contributed by atoms with van der Waals surface area (Å²) in [4.78, 5) is 0. The van der Waals surface area contributed by atoms with E-state index < -0.39 is 0 Å². The third-order valence-electron chi connectivity index (χ3n) is 1.42. The zero-order valence-electron chi connectivity index (χ0n) is 5.55. The normalized spacial score (nSPS) is 24.0. The maximum absolute atomic E-state index is 11.0. The molecule has 1 aliphatic rings. The number of hydrogen-bond acceptors (Lipinski definition) is 1. The molecule has 2 heteroatoms. The Balaban J connectivity index is 2.19. The molecule has 0 aromatic heterocycles. The summed E-state index contributed by atoms with van der Waals surface area (Å²) in [6, 6.07) is 0. The third-order valence-corrected chi connectivity index (χ3v) is 1.42. The van der Waals surface area contributed by atoms with E-state index in [0.717, 1.165) is 19.6 Å². The average molecular weight is 115 g/mol. The molecule has 0 aromatic rings. The van der Waals surface area contributed by atoms with Crippen LogP contribution < -0.4 is 0 Å². The quantitative estimate of drug-likeness (QED) is 0.299. The van der Waals surface area contributed by atoms with Gasteiger partial charge in [-0.1, -0.05) is 13.8 Å². The maximum atomic E-state index is 11.0. The molecule has 1 rings (SSSR count). The van der Waals surface area contributed by atoms with Crippen molar-refractivity contribution in [1.29, 1.82) is 0 Å². The summed E-state index contributed by atoms with van der Waals surface area (Å²) >= 11 is 0. The zero-order valence-corrected chi connectivity index (χ0v) is 5.55. The molecule has 0 saturated carbocycles. The molecule has 0 amide bonds. The maximum Gasteiger partial charge on any atom is 0.129 e. The summed E-state index contributed by atoms with van der Waals surface area (Å²) in [5.74, 6) is 0.565. The van der Waals surface area contributed by atoms with Crippen molar-refractivity contribution in [2.45, 2.75) is 13.8 Å². The summed E-state index contributed by atoms with van der Waals surface area (Å²) in [6.07, 6.45) is 0. The molecule has 0 atom stereocenters. The van der Waals surface area contributed by atoms with Gasteiger partial charge >= 0.3 is 0 Å². The Hall–Kier alpha value is -0.0800. The van der Waals surface area contributed by atoms with Gasteiger partial charge in [0.05, 0.1) is 6.54 Å². The van der Waals surface area contributed by atoms with Gasteiger partial charge in [0.2, 0.25) is 0 Å². The zero-order chi connectivity index (χ0) is 6.20. The molecule has 0 aromatic carbocycles. The van der Waals surface area contributed by atoms with E-state index in [4.69, 9.17) is 0 Å². The number of hydroxylamine groups is 3. The van der Waals surface area contributed by atoms with Crippen molar-refractivity contribution in [1.82, 2.24) is 0 Å². The van der Waals surface area contributed by atoms with E-state index in [0.29, 0.717) is 5.92 Å². The minimum atomic E-state index is 0.0810. The van der Waals surface area contributed by atoms with Crippen LogP contribution in [0.2, 0.25) is 0 Å². The Morgan fingerprint density at radius 1 is 1.50 bits per heavy atom. The van der Waals surface area contributed by atoms with Crippen LogP contribution in [0.4, 0.5) is 0 Å². The molecule has 0 N–H and O–H groups in total. The van der Waals surface area contributed by atoms with E-state index in [2.05, 4.69) is 13.8 Å². The van der Waals surface area contributed by atoms with Crippen molar-refractivity contribution < 1.29 is 4.65 Å². The summed E-state index contributed by atoms with van der Waals surface area (Å²) in [6.45, 7) is 6.72. The van der Waals surface area contributed by atoms with Gasteiger partial charge < -0.3 is 9.85 Å². The van der Waals surface area contributed by atoms with Crippen molar-refractivity contribution in [2.24, 2.45) is 5.92 Å². The van der Waals surface area contributed by atoms with Crippen molar-refractivity contribution in [3.8, 4) is 0 Å². The highest BCUT2D eigenvalue weighted by atomic mass is 16.6. The van der Waals surface area contributed by atoms with Crippen molar-refractivity contribution in [2.75, 3.05) is 19.6 Å². The first kappa shape index (κ1) is 6.05.